The number of nitrogens with one attached hydrogen (secondary N) is 1. The molecule has 0 spiro atoms. The van der Waals surface area contributed by atoms with Crippen LogP contribution >= 0.6 is 11.6 Å². The summed E-state index contributed by atoms with van der Waals surface area (Å²) in [6, 6.07) is 9.87. The molecule has 0 aliphatic carbocycles. The SMILES string of the molecule is Cc1ccc(S(=O)(=O)O)cc1.Clc1ccc(C2CNC2)nc1. The average Bonchev–Trinajstić information content (AvgIpc) is 2.39. The van der Waals surface area contributed by atoms with Gasteiger partial charge in [-0.2, -0.15) is 8.42 Å². The lowest BCUT2D eigenvalue weighted by Gasteiger charge is -2.26. The fraction of sp³-hybridized carbons (Fsp3) is 0.267. The minimum atomic E-state index is -4.02. The van der Waals surface area contributed by atoms with Gasteiger partial charge in [-0.1, -0.05) is 29.3 Å². The predicted molar refractivity (Wildman–Crippen MR) is 85.9 cm³/mol. The van der Waals surface area contributed by atoms with Crippen molar-refractivity contribution in [3.8, 4) is 0 Å². The van der Waals surface area contributed by atoms with E-state index in [4.69, 9.17) is 16.2 Å². The second-order valence-electron chi connectivity index (χ2n) is 5.04. The lowest BCUT2D eigenvalue weighted by Crippen LogP contribution is -2.40. The molecule has 1 fully saturated rings. The van der Waals surface area contributed by atoms with Gasteiger partial charge < -0.3 is 5.32 Å². The number of rotatable bonds is 2. The van der Waals surface area contributed by atoms with E-state index < -0.39 is 10.1 Å². The van der Waals surface area contributed by atoms with Crippen LogP contribution in [0.5, 0.6) is 0 Å². The van der Waals surface area contributed by atoms with Gasteiger partial charge >= 0.3 is 0 Å². The van der Waals surface area contributed by atoms with Crippen LogP contribution in [0.3, 0.4) is 0 Å². The van der Waals surface area contributed by atoms with Crippen molar-refractivity contribution in [1.29, 1.82) is 0 Å². The number of hydrogen-bond donors (Lipinski definition) is 2. The van der Waals surface area contributed by atoms with E-state index in [1.165, 1.54) is 12.1 Å². The van der Waals surface area contributed by atoms with Crippen molar-refractivity contribution in [2.24, 2.45) is 0 Å². The molecule has 22 heavy (non-hydrogen) atoms. The number of hydrogen-bond acceptors (Lipinski definition) is 4. The fourth-order valence-corrected chi connectivity index (χ4v) is 2.43. The Kier molecular flexibility index (Phi) is 5.52. The average molecular weight is 341 g/mol. The van der Waals surface area contributed by atoms with Gasteiger partial charge in [0.05, 0.1) is 9.92 Å². The standard InChI is InChI=1S/C8H9ClN2.C7H8O3S/c9-7-1-2-8(11-5-7)6-3-10-4-6;1-6-2-4-7(5-3-6)11(8,9)10/h1-2,5-6,10H,3-4H2;2-5H,1H3,(H,8,9,10). The zero-order valence-corrected chi connectivity index (χ0v) is 13.6. The Morgan fingerprint density at radius 3 is 2.23 bits per heavy atom. The first-order chi connectivity index (χ1) is 10.4. The molecule has 118 valence electrons. The quantitative estimate of drug-likeness (QED) is 0.822. The third-order valence-corrected chi connectivity index (χ3v) is 4.36. The summed E-state index contributed by atoms with van der Waals surface area (Å²) in [5.74, 6) is 0.604. The van der Waals surface area contributed by atoms with Crippen LogP contribution in [0.2, 0.25) is 5.02 Å². The number of aryl methyl sites for hydroxylation is 1. The molecule has 0 atom stereocenters. The van der Waals surface area contributed by atoms with Gasteiger partial charge in [-0.25, -0.2) is 0 Å². The first-order valence-electron chi connectivity index (χ1n) is 6.72. The van der Waals surface area contributed by atoms with E-state index in [9.17, 15) is 8.42 Å². The van der Waals surface area contributed by atoms with Gasteiger partial charge in [0.2, 0.25) is 0 Å². The topological polar surface area (TPSA) is 79.3 Å². The van der Waals surface area contributed by atoms with Gasteiger partial charge in [0.15, 0.2) is 0 Å². The van der Waals surface area contributed by atoms with Crippen molar-refractivity contribution in [3.05, 3.63) is 58.9 Å². The Labute approximate surface area is 135 Å². The lowest BCUT2D eigenvalue weighted by atomic mass is 9.99. The minimum Gasteiger partial charge on any atom is -0.315 e. The second-order valence-corrected chi connectivity index (χ2v) is 6.90. The highest BCUT2D eigenvalue weighted by Crippen LogP contribution is 2.18. The Hall–Kier alpha value is -1.47. The van der Waals surface area contributed by atoms with Gasteiger partial charge in [-0.15, -0.1) is 0 Å². The summed E-state index contributed by atoms with van der Waals surface area (Å²) >= 11 is 5.70. The number of halogens is 1. The van der Waals surface area contributed by atoms with Crippen LogP contribution in [0, 0.1) is 6.92 Å². The van der Waals surface area contributed by atoms with E-state index in [1.807, 2.05) is 19.1 Å². The Bertz CT molecular complexity index is 711. The van der Waals surface area contributed by atoms with E-state index in [-0.39, 0.29) is 4.90 Å². The molecule has 5 nitrogen and oxygen atoms in total. The van der Waals surface area contributed by atoms with Gasteiger partial charge in [-0.3, -0.25) is 9.54 Å². The zero-order chi connectivity index (χ0) is 16.2. The Morgan fingerprint density at radius 1 is 1.18 bits per heavy atom. The lowest BCUT2D eigenvalue weighted by molar-refractivity contribution is 0.440. The highest BCUT2D eigenvalue weighted by atomic mass is 35.5. The third kappa shape index (κ3) is 4.78. The first kappa shape index (κ1) is 16.9. The molecule has 2 N–H and O–H groups in total. The number of pyridine rings is 1. The molecule has 2 aromatic rings. The van der Waals surface area contributed by atoms with E-state index in [2.05, 4.69) is 10.3 Å². The van der Waals surface area contributed by atoms with Crippen molar-refractivity contribution in [2.75, 3.05) is 13.1 Å². The highest BCUT2D eigenvalue weighted by Gasteiger charge is 2.19. The monoisotopic (exact) mass is 340 g/mol. The molecule has 1 aromatic heterocycles. The van der Waals surface area contributed by atoms with Crippen LogP contribution in [0.1, 0.15) is 17.2 Å². The molecule has 0 unspecified atom stereocenters. The fourth-order valence-electron chi connectivity index (χ4n) is 1.84. The normalized spacial score (nSPS) is 14.7. The van der Waals surface area contributed by atoms with Crippen molar-refractivity contribution < 1.29 is 13.0 Å². The summed E-state index contributed by atoms with van der Waals surface area (Å²) in [6.07, 6.45) is 1.70. The predicted octanol–water partition coefficient (Wildman–Crippen LogP) is 2.66. The second kappa shape index (κ2) is 7.19. The van der Waals surface area contributed by atoms with E-state index in [0.29, 0.717) is 10.9 Å². The molecule has 0 bridgehead atoms. The molecular weight excluding hydrogens is 324 g/mol. The number of nitrogens with zero attached hydrogens (tertiary/aromatic N) is 1. The van der Waals surface area contributed by atoms with Crippen LogP contribution in [0.4, 0.5) is 0 Å². The third-order valence-electron chi connectivity index (χ3n) is 3.27. The van der Waals surface area contributed by atoms with Crippen LogP contribution in [0.25, 0.3) is 0 Å². The maximum atomic E-state index is 10.5. The smallest absolute Gasteiger partial charge is 0.294 e. The van der Waals surface area contributed by atoms with E-state index >= 15 is 0 Å². The summed E-state index contributed by atoms with van der Waals surface area (Å²) in [5, 5.41) is 3.91. The van der Waals surface area contributed by atoms with Crippen molar-refractivity contribution in [1.82, 2.24) is 10.3 Å². The highest BCUT2D eigenvalue weighted by molar-refractivity contribution is 7.85. The van der Waals surface area contributed by atoms with Crippen molar-refractivity contribution in [2.45, 2.75) is 17.7 Å². The zero-order valence-electron chi connectivity index (χ0n) is 12.0. The summed E-state index contributed by atoms with van der Waals surface area (Å²) in [5.41, 5.74) is 2.10. The Balaban J connectivity index is 0.000000160. The number of benzene rings is 1. The number of aromatic nitrogens is 1. The Morgan fingerprint density at radius 2 is 1.82 bits per heavy atom. The molecule has 0 saturated carbocycles. The van der Waals surface area contributed by atoms with Gasteiger partial charge in [-0.05, 0) is 31.2 Å². The van der Waals surface area contributed by atoms with Gasteiger partial charge in [0, 0.05) is 30.9 Å². The molecule has 1 saturated heterocycles. The van der Waals surface area contributed by atoms with Crippen LogP contribution in [0.15, 0.2) is 47.5 Å². The largest absolute Gasteiger partial charge is 0.315 e. The maximum Gasteiger partial charge on any atom is 0.294 e. The summed E-state index contributed by atoms with van der Waals surface area (Å²) in [6.45, 7) is 3.94. The minimum absolute atomic E-state index is 0.0666. The summed E-state index contributed by atoms with van der Waals surface area (Å²) < 4.78 is 29.6. The molecule has 7 heteroatoms. The van der Waals surface area contributed by atoms with Crippen LogP contribution < -0.4 is 5.32 Å². The molecular formula is C15H17ClN2O3S. The van der Waals surface area contributed by atoms with E-state index in [1.54, 1.807) is 18.3 Å². The maximum absolute atomic E-state index is 10.5. The van der Waals surface area contributed by atoms with Crippen molar-refractivity contribution >= 4 is 21.7 Å². The first-order valence-corrected chi connectivity index (χ1v) is 8.54. The van der Waals surface area contributed by atoms with Gasteiger partial charge in [0.1, 0.15) is 0 Å². The molecule has 1 aliphatic heterocycles. The van der Waals surface area contributed by atoms with Gasteiger partial charge in [0.25, 0.3) is 10.1 Å². The van der Waals surface area contributed by atoms with E-state index in [0.717, 1.165) is 24.3 Å². The van der Waals surface area contributed by atoms with Crippen molar-refractivity contribution in [3.63, 3.8) is 0 Å². The molecule has 3 rings (SSSR count). The molecule has 2 heterocycles. The summed E-state index contributed by atoms with van der Waals surface area (Å²) in [4.78, 5) is 4.16. The molecule has 0 radical (unpaired) electrons. The molecule has 1 aromatic carbocycles. The van der Waals surface area contributed by atoms with Crippen LogP contribution in [-0.4, -0.2) is 31.0 Å². The van der Waals surface area contributed by atoms with Crippen LogP contribution in [-0.2, 0) is 10.1 Å². The molecule has 0 amide bonds. The molecule has 1 aliphatic rings. The summed E-state index contributed by atoms with van der Waals surface area (Å²) in [7, 11) is -4.02.